The van der Waals surface area contributed by atoms with Crippen LogP contribution in [-0.2, 0) is 4.79 Å². The van der Waals surface area contributed by atoms with Crippen molar-refractivity contribution in [2.75, 3.05) is 0 Å². The number of benzene rings is 2. The zero-order chi connectivity index (χ0) is 12.3. The molecule has 0 fully saturated rings. The van der Waals surface area contributed by atoms with Gasteiger partial charge in [0.1, 0.15) is 17.9 Å². The van der Waals surface area contributed by atoms with Gasteiger partial charge in [-0.25, -0.2) is 4.39 Å². The van der Waals surface area contributed by atoms with Crippen LogP contribution in [0.25, 0.3) is 0 Å². The predicted octanol–water partition coefficient (Wildman–Crippen LogP) is 2.86. The average molecular weight is 230 g/mol. The van der Waals surface area contributed by atoms with E-state index in [1.807, 2.05) is 0 Å². The third kappa shape index (κ3) is 2.50. The van der Waals surface area contributed by atoms with E-state index in [0.29, 0.717) is 0 Å². The Labute approximate surface area is 98.3 Å². The van der Waals surface area contributed by atoms with Crippen molar-refractivity contribution in [1.82, 2.24) is 0 Å². The van der Waals surface area contributed by atoms with E-state index in [2.05, 4.69) is 0 Å². The number of phenolic OH excluding ortho intramolecular Hbond substituents is 1. The topological polar surface area (TPSA) is 37.3 Å². The first-order chi connectivity index (χ1) is 8.20. The van der Waals surface area contributed by atoms with Crippen molar-refractivity contribution in [2.45, 2.75) is 5.92 Å². The largest absolute Gasteiger partial charge is 0.508 e. The predicted molar refractivity (Wildman–Crippen MR) is 62.4 cm³/mol. The summed E-state index contributed by atoms with van der Waals surface area (Å²) in [7, 11) is 0. The minimum atomic E-state index is -0.434. The highest BCUT2D eigenvalue weighted by molar-refractivity contribution is 5.68. The number of hydrogen-bond acceptors (Lipinski definition) is 2. The maximum absolute atomic E-state index is 12.8. The second-order valence-corrected chi connectivity index (χ2v) is 3.76. The van der Waals surface area contributed by atoms with E-state index in [0.717, 1.165) is 17.4 Å². The van der Waals surface area contributed by atoms with Gasteiger partial charge in [0.05, 0.1) is 5.92 Å². The van der Waals surface area contributed by atoms with Crippen LogP contribution in [0.3, 0.4) is 0 Å². The molecule has 0 saturated carbocycles. The molecule has 0 aliphatic carbocycles. The van der Waals surface area contributed by atoms with E-state index >= 15 is 0 Å². The van der Waals surface area contributed by atoms with Gasteiger partial charge in [0.25, 0.3) is 0 Å². The highest BCUT2D eigenvalue weighted by atomic mass is 19.1. The molecule has 2 rings (SSSR count). The number of carbonyl (C=O) groups excluding carboxylic acids is 1. The molecule has 1 unspecified atom stereocenters. The monoisotopic (exact) mass is 230 g/mol. The summed E-state index contributed by atoms with van der Waals surface area (Å²) < 4.78 is 12.8. The summed E-state index contributed by atoms with van der Waals surface area (Å²) in [5, 5.41) is 9.18. The normalized spacial score (nSPS) is 12.1. The Kier molecular flexibility index (Phi) is 3.19. The zero-order valence-corrected chi connectivity index (χ0v) is 9.01. The van der Waals surface area contributed by atoms with Crippen LogP contribution in [0.4, 0.5) is 4.39 Å². The van der Waals surface area contributed by atoms with Crippen LogP contribution < -0.4 is 0 Å². The van der Waals surface area contributed by atoms with Crippen molar-refractivity contribution < 1.29 is 14.3 Å². The first-order valence-corrected chi connectivity index (χ1v) is 5.20. The second kappa shape index (κ2) is 4.78. The number of hydrogen-bond donors (Lipinski definition) is 1. The van der Waals surface area contributed by atoms with Gasteiger partial charge in [-0.3, -0.25) is 0 Å². The third-order valence-electron chi connectivity index (χ3n) is 2.62. The van der Waals surface area contributed by atoms with E-state index in [4.69, 9.17) is 0 Å². The van der Waals surface area contributed by atoms with Crippen molar-refractivity contribution in [1.29, 1.82) is 0 Å². The Morgan fingerprint density at radius 1 is 0.941 bits per heavy atom. The summed E-state index contributed by atoms with van der Waals surface area (Å²) in [5.41, 5.74) is 1.50. The molecule has 2 aromatic rings. The molecule has 2 aromatic carbocycles. The fourth-order valence-electron chi connectivity index (χ4n) is 1.70. The maximum Gasteiger partial charge on any atom is 0.131 e. The molecule has 0 saturated heterocycles. The maximum atomic E-state index is 12.8. The van der Waals surface area contributed by atoms with Gasteiger partial charge in [-0.2, -0.15) is 0 Å². The van der Waals surface area contributed by atoms with Crippen molar-refractivity contribution in [3.05, 3.63) is 65.5 Å². The van der Waals surface area contributed by atoms with Crippen molar-refractivity contribution in [2.24, 2.45) is 0 Å². The van der Waals surface area contributed by atoms with Crippen LogP contribution in [-0.4, -0.2) is 11.4 Å². The summed E-state index contributed by atoms with van der Waals surface area (Å²) in [6, 6.07) is 12.2. The summed E-state index contributed by atoms with van der Waals surface area (Å²) in [5.74, 6) is -0.613. The van der Waals surface area contributed by atoms with Crippen molar-refractivity contribution in [3.63, 3.8) is 0 Å². The fraction of sp³-hybridized carbons (Fsp3) is 0.0714. The number of rotatable bonds is 3. The van der Waals surface area contributed by atoms with Crippen LogP contribution in [0.1, 0.15) is 17.0 Å². The molecule has 1 atom stereocenters. The van der Waals surface area contributed by atoms with Crippen LogP contribution in [0.15, 0.2) is 48.5 Å². The molecule has 0 amide bonds. The van der Waals surface area contributed by atoms with Crippen molar-refractivity contribution in [3.8, 4) is 5.75 Å². The minimum absolute atomic E-state index is 0.150. The van der Waals surface area contributed by atoms with Crippen LogP contribution in [0.5, 0.6) is 5.75 Å². The Morgan fingerprint density at radius 3 is 1.88 bits per heavy atom. The van der Waals surface area contributed by atoms with E-state index in [-0.39, 0.29) is 11.6 Å². The lowest BCUT2D eigenvalue weighted by Gasteiger charge is -2.11. The molecule has 17 heavy (non-hydrogen) atoms. The summed E-state index contributed by atoms with van der Waals surface area (Å²) >= 11 is 0. The number of phenols is 1. The molecular weight excluding hydrogens is 219 g/mol. The van der Waals surface area contributed by atoms with Crippen LogP contribution in [0.2, 0.25) is 0 Å². The second-order valence-electron chi connectivity index (χ2n) is 3.76. The number of aldehydes is 1. The van der Waals surface area contributed by atoms with E-state index < -0.39 is 5.92 Å². The molecule has 0 bridgehead atoms. The highest BCUT2D eigenvalue weighted by Gasteiger charge is 2.12. The first-order valence-electron chi connectivity index (χ1n) is 5.20. The van der Waals surface area contributed by atoms with Gasteiger partial charge in [-0.05, 0) is 35.4 Å². The molecule has 2 nitrogen and oxygen atoms in total. The molecule has 3 heteroatoms. The first kappa shape index (κ1) is 11.3. The van der Waals surface area contributed by atoms with Gasteiger partial charge >= 0.3 is 0 Å². The fourth-order valence-corrected chi connectivity index (χ4v) is 1.70. The average Bonchev–Trinajstić information content (AvgIpc) is 2.35. The lowest BCUT2D eigenvalue weighted by molar-refractivity contribution is -0.108. The molecule has 0 radical (unpaired) electrons. The van der Waals surface area contributed by atoms with Gasteiger partial charge in [-0.15, -0.1) is 0 Å². The molecule has 1 N–H and O–H groups in total. The molecule has 0 aliphatic rings. The Morgan fingerprint density at radius 2 is 1.41 bits per heavy atom. The van der Waals surface area contributed by atoms with Crippen LogP contribution in [0, 0.1) is 5.82 Å². The van der Waals surface area contributed by atoms with Gasteiger partial charge in [-0.1, -0.05) is 24.3 Å². The van der Waals surface area contributed by atoms with E-state index in [1.54, 1.807) is 24.3 Å². The van der Waals surface area contributed by atoms with Crippen LogP contribution >= 0.6 is 0 Å². The molecule has 0 heterocycles. The van der Waals surface area contributed by atoms with Gasteiger partial charge in [0.2, 0.25) is 0 Å². The minimum Gasteiger partial charge on any atom is -0.508 e. The Balaban J connectivity index is 2.36. The number of halogens is 1. The van der Waals surface area contributed by atoms with Gasteiger partial charge in [0.15, 0.2) is 0 Å². The Bertz CT molecular complexity index is 457. The smallest absolute Gasteiger partial charge is 0.131 e. The number of aromatic hydroxyl groups is 1. The molecule has 0 spiro atoms. The standard InChI is InChI=1S/C14H11FO2/c15-12-5-1-10(2-6-12)14(9-16)11-3-7-13(17)8-4-11/h1-9,14,17H. The molecule has 86 valence electrons. The zero-order valence-electron chi connectivity index (χ0n) is 9.01. The molecular formula is C14H11FO2. The summed E-state index contributed by atoms with van der Waals surface area (Å²) in [6.45, 7) is 0. The third-order valence-corrected chi connectivity index (χ3v) is 2.62. The SMILES string of the molecule is O=CC(c1ccc(O)cc1)c1ccc(F)cc1. The number of carbonyl (C=O) groups is 1. The molecule has 0 aliphatic heterocycles. The lowest BCUT2D eigenvalue weighted by Crippen LogP contribution is -2.02. The lowest BCUT2D eigenvalue weighted by atomic mass is 9.93. The Hall–Kier alpha value is -2.16. The van der Waals surface area contributed by atoms with Crippen molar-refractivity contribution >= 4 is 6.29 Å². The quantitative estimate of drug-likeness (QED) is 0.823. The van der Waals surface area contributed by atoms with Gasteiger partial charge < -0.3 is 9.90 Å². The summed E-state index contributed by atoms with van der Waals surface area (Å²) in [4.78, 5) is 11.1. The highest BCUT2D eigenvalue weighted by Crippen LogP contribution is 2.24. The van der Waals surface area contributed by atoms with E-state index in [9.17, 15) is 14.3 Å². The molecule has 0 aromatic heterocycles. The van der Waals surface area contributed by atoms with E-state index in [1.165, 1.54) is 24.3 Å². The summed E-state index contributed by atoms with van der Waals surface area (Å²) in [6.07, 6.45) is 0.805. The van der Waals surface area contributed by atoms with Gasteiger partial charge in [0, 0.05) is 0 Å².